The monoisotopic (exact) mass is 293 g/mol. The summed E-state index contributed by atoms with van der Waals surface area (Å²) in [7, 11) is 0. The number of rotatable bonds is 4. The van der Waals surface area contributed by atoms with Gasteiger partial charge in [0.05, 0.1) is 5.54 Å². The highest BCUT2D eigenvalue weighted by Gasteiger charge is 2.41. The van der Waals surface area contributed by atoms with Gasteiger partial charge in [0.25, 0.3) is 0 Å². The standard InChI is InChI=1S/C20H23NO/c1-16-10-11-17(2)19(14-16)21(15-22)20(12-6-7-13-20)18-8-4-3-5-9-18/h3-5,8-11,14-15H,6-7,12-13H2,1-2H3. The molecular weight excluding hydrogens is 270 g/mol. The summed E-state index contributed by atoms with van der Waals surface area (Å²) in [5.41, 5.74) is 4.44. The van der Waals surface area contributed by atoms with Gasteiger partial charge in [0.1, 0.15) is 0 Å². The van der Waals surface area contributed by atoms with Crippen molar-refractivity contribution in [2.24, 2.45) is 0 Å². The van der Waals surface area contributed by atoms with Crippen molar-refractivity contribution < 1.29 is 4.79 Å². The lowest BCUT2D eigenvalue weighted by molar-refractivity contribution is -0.108. The van der Waals surface area contributed by atoms with Gasteiger partial charge < -0.3 is 4.90 Å². The van der Waals surface area contributed by atoms with E-state index >= 15 is 0 Å². The van der Waals surface area contributed by atoms with Crippen molar-refractivity contribution in [1.82, 2.24) is 0 Å². The second kappa shape index (κ2) is 5.96. The predicted molar refractivity (Wildman–Crippen MR) is 91.0 cm³/mol. The molecule has 0 radical (unpaired) electrons. The molecule has 0 saturated heterocycles. The largest absolute Gasteiger partial charge is 0.304 e. The molecule has 1 aliphatic rings. The number of carbonyl (C=O) groups excluding carboxylic acids is 1. The first kappa shape index (κ1) is 14.8. The SMILES string of the molecule is Cc1ccc(C)c(N(C=O)C2(c3ccccc3)CCCC2)c1. The highest BCUT2D eigenvalue weighted by molar-refractivity contribution is 5.80. The van der Waals surface area contributed by atoms with Gasteiger partial charge in [0, 0.05) is 5.69 Å². The van der Waals surface area contributed by atoms with Crippen LogP contribution in [-0.2, 0) is 10.3 Å². The summed E-state index contributed by atoms with van der Waals surface area (Å²) in [4.78, 5) is 14.0. The zero-order valence-corrected chi connectivity index (χ0v) is 13.4. The highest BCUT2D eigenvalue weighted by Crippen LogP contribution is 2.46. The predicted octanol–water partition coefficient (Wildman–Crippen LogP) is 4.74. The summed E-state index contributed by atoms with van der Waals surface area (Å²) >= 11 is 0. The van der Waals surface area contributed by atoms with E-state index in [9.17, 15) is 4.79 Å². The Morgan fingerprint density at radius 3 is 2.32 bits per heavy atom. The molecule has 2 heteroatoms. The number of aryl methyl sites for hydroxylation is 2. The second-order valence-corrected chi connectivity index (χ2v) is 6.37. The molecule has 3 rings (SSSR count). The van der Waals surface area contributed by atoms with Crippen LogP contribution >= 0.6 is 0 Å². The Labute approximate surface area is 132 Å². The van der Waals surface area contributed by atoms with E-state index < -0.39 is 0 Å². The maximum atomic E-state index is 12.1. The second-order valence-electron chi connectivity index (χ2n) is 6.37. The smallest absolute Gasteiger partial charge is 0.214 e. The zero-order valence-electron chi connectivity index (χ0n) is 13.4. The molecule has 2 nitrogen and oxygen atoms in total. The Balaban J connectivity index is 2.14. The van der Waals surface area contributed by atoms with Gasteiger partial charge in [-0.15, -0.1) is 0 Å². The number of carbonyl (C=O) groups is 1. The number of anilines is 1. The highest BCUT2D eigenvalue weighted by atomic mass is 16.1. The van der Waals surface area contributed by atoms with Crippen molar-refractivity contribution in [3.63, 3.8) is 0 Å². The quantitative estimate of drug-likeness (QED) is 0.746. The molecule has 114 valence electrons. The molecular formula is C20H23NO. The first-order valence-electron chi connectivity index (χ1n) is 8.05. The average Bonchev–Trinajstić information content (AvgIpc) is 3.03. The Bertz CT molecular complexity index is 657. The van der Waals surface area contributed by atoms with Crippen LogP contribution in [0, 0.1) is 13.8 Å². The van der Waals surface area contributed by atoms with Crippen molar-refractivity contribution in [2.45, 2.75) is 45.1 Å². The maximum Gasteiger partial charge on any atom is 0.214 e. The molecule has 2 aromatic carbocycles. The van der Waals surface area contributed by atoms with E-state index in [1.807, 2.05) is 11.0 Å². The number of hydrogen-bond acceptors (Lipinski definition) is 1. The Morgan fingerprint density at radius 1 is 1.00 bits per heavy atom. The van der Waals surface area contributed by atoms with Crippen LogP contribution in [0.25, 0.3) is 0 Å². The van der Waals surface area contributed by atoms with Gasteiger partial charge in [-0.3, -0.25) is 4.79 Å². The van der Waals surface area contributed by atoms with Crippen LogP contribution in [0.4, 0.5) is 5.69 Å². The molecule has 22 heavy (non-hydrogen) atoms. The van der Waals surface area contributed by atoms with Crippen LogP contribution in [0.5, 0.6) is 0 Å². The lowest BCUT2D eigenvalue weighted by Crippen LogP contribution is -2.44. The molecule has 0 aromatic heterocycles. The lowest BCUT2D eigenvalue weighted by atomic mass is 9.85. The van der Waals surface area contributed by atoms with Crippen LogP contribution in [0.15, 0.2) is 48.5 Å². The van der Waals surface area contributed by atoms with Gasteiger partial charge in [0.15, 0.2) is 0 Å². The summed E-state index contributed by atoms with van der Waals surface area (Å²) in [6, 6.07) is 16.8. The molecule has 0 heterocycles. The summed E-state index contributed by atoms with van der Waals surface area (Å²) in [5.74, 6) is 0. The molecule has 0 aliphatic heterocycles. The van der Waals surface area contributed by atoms with Gasteiger partial charge in [-0.05, 0) is 49.4 Å². The fraction of sp³-hybridized carbons (Fsp3) is 0.350. The van der Waals surface area contributed by atoms with E-state index in [4.69, 9.17) is 0 Å². The molecule has 1 saturated carbocycles. The number of hydrogen-bond donors (Lipinski definition) is 0. The summed E-state index contributed by atoms with van der Waals surface area (Å²) in [5, 5.41) is 0. The molecule has 0 N–H and O–H groups in total. The van der Waals surface area contributed by atoms with Crippen LogP contribution in [-0.4, -0.2) is 6.41 Å². The van der Waals surface area contributed by atoms with Crippen LogP contribution in [0.2, 0.25) is 0 Å². The zero-order chi connectivity index (χ0) is 15.6. The molecule has 0 spiro atoms. The average molecular weight is 293 g/mol. The first-order valence-corrected chi connectivity index (χ1v) is 8.05. The topological polar surface area (TPSA) is 20.3 Å². The molecule has 1 aliphatic carbocycles. The Kier molecular flexibility index (Phi) is 4.02. The molecule has 0 bridgehead atoms. The lowest BCUT2D eigenvalue weighted by Gasteiger charge is -2.40. The number of benzene rings is 2. The van der Waals surface area contributed by atoms with E-state index in [1.54, 1.807) is 0 Å². The van der Waals surface area contributed by atoms with Crippen molar-refractivity contribution >= 4 is 12.1 Å². The third-order valence-corrected chi connectivity index (χ3v) is 4.93. The summed E-state index contributed by atoms with van der Waals surface area (Å²) in [6.45, 7) is 4.16. The normalized spacial score (nSPS) is 16.5. The molecule has 1 amide bonds. The molecule has 0 unspecified atom stereocenters. The van der Waals surface area contributed by atoms with Crippen molar-refractivity contribution in [3.8, 4) is 0 Å². The van der Waals surface area contributed by atoms with Crippen LogP contribution in [0.3, 0.4) is 0 Å². The van der Waals surface area contributed by atoms with Gasteiger partial charge >= 0.3 is 0 Å². The van der Waals surface area contributed by atoms with E-state index in [1.165, 1.54) is 24.0 Å². The van der Waals surface area contributed by atoms with E-state index in [-0.39, 0.29) is 5.54 Å². The van der Waals surface area contributed by atoms with E-state index in [2.05, 4.69) is 56.3 Å². The first-order chi connectivity index (χ1) is 10.7. The third-order valence-electron chi connectivity index (χ3n) is 4.93. The van der Waals surface area contributed by atoms with E-state index in [0.717, 1.165) is 30.5 Å². The third kappa shape index (κ3) is 2.43. The van der Waals surface area contributed by atoms with E-state index in [0.29, 0.717) is 0 Å². The van der Waals surface area contributed by atoms with Gasteiger partial charge in [-0.2, -0.15) is 0 Å². The van der Waals surface area contributed by atoms with Crippen LogP contribution in [0.1, 0.15) is 42.4 Å². The fourth-order valence-electron chi connectivity index (χ4n) is 3.74. The summed E-state index contributed by atoms with van der Waals surface area (Å²) in [6.07, 6.45) is 5.43. The van der Waals surface area contributed by atoms with Gasteiger partial charge in [-0.25, -0.2) is 0 Å². The minimum atomic E-state index is -0.193. The minimum Gasteiger partial charge on any atom is -0.304 e. The van der Waals surface area contributed by atoms with Crippen molar-refractivity contribution in [3.05, 3.63) is 65.2 Å². The number of nitrogens with zero attached hydrogens (tertiary/aromatic N) is 1. The van der Waals surface area contributed by atoms with Crippen molar-refractivity contribution in [1.29, 1.82) is 0 Å². The van der Waals surface area contributed by atoms with Crippen LogP contribution < -0.4 is 4.90 Å². The number of amides is 1. The molecule has 0 atom stereocenters. The fourth-order valence-corrected chi connectivity index (χ4v) is 3.74. The summed E-state index contributed by atoms with van der Waals surface area (Å²) < 4.78 is 0. The van der Waals surface area contributed by atoms with Gasteiger partial charge in [0.2, 0.25) is 6.41 Å². The Hall–Kier alpha value is -2.09. The maximum absolute atomic E-state index is 12.1. The molecule has 2 aromatic rings. The molecule has 1 fully saturated rings. The minimum absolute atomic E-state index is 0.193. The Morgan fingerprint density at radius 2 is 1.68 bits per heavy atom. The van der Waals surface area contributed by atoms with Gasteiger partial charge in [-0.1, -0.05) is 55.3 Å². The van der Waals surface area contributed by atoms with Crippen molar-refractivity contribution in [2.75, 3.05) is 4.90 Å².